The average Bonchev–Trinajstić information content (AvgIpc) is 2.75. The summed E-state index contributed by atoms with van der Waals surface area (Å²) < 4.78 is 34.1. The molecule has 0 atom stereocenters. The highest BCUT2D eigenvalue weighted by Gasteiger charge is 2.31. The van der Waals surface area contributed by atoms with E-state index in [9.17, 15) is 23.1 Å². The number of anilines is 1. The molecule has 1 aromatic carbocycles. The number of carboxylic acid groups (broad SMARTS) is 1. The number of fused-ring (bicyclic) bond motifs is 1. The number of carbonyl (C=O) groups is 2. The molecule has 1 fully saturated rings. The second-order valence-electron chi connectivity index (χ2n) is 6.97. The Bertz CT molecular complexity index is 1250. The molecule has 1 aromatic heterocycles. The van der Waals surface area contributed by atoms with E-state index >= 15 is 0 Å². The number of rotatable bonds is 5. The molecule has 31 heavy (non-hydrogen) atoms. The van der Waals surface area contributed by atoms with E-state index in [0.29, 0.717) is 15.4 Å². The van der Waals surface area contributed by atoms with E-state index in [4.69, 9.17) is 4.74 Å². The number of hydrogen-bond acceptors (Lipinski definition) is 7. The molecule has 2 N–H and O–H groups in total. The van der Waals surface area contributed by atoms with Crippen molar-refractivity contribution in [1.82, 2.24) is 9.29 Å². The first-order valence-electron chi connectivity index (χ1n) is 9.38. The summed E-state index contributed by atoms with van der Waals surface area (Å²) in [6.45, 7) is 0.979. The normalized spacial score (nSPS) is 17.9. The molecule has 2 heterocycles. The lowest BCUT2D eigenvalue weighted by molar-refractivity contribution is -0.133. The minimum atomic E-state index is -3.94. The number of benzene rings is 1. The summed E-state index contributed by atoms with van der Waals surface area (Å²) in [6, 6.07) is 5.21. The number of nitrogens with one attached hydrogen (secondary N) is 1. The Hall–Kier alpha value is -2.60. The maximum Gasteiger partial charge on any atom is 0.334 e. The summed E-state index contributed by atoms with van der Waals surface area (Å²) in [6.07, 6.45) is 3.60. The number of nitrogens with zero attached hydrogens (tertiary/aromatic N) is 2. The molecule has 0 spiro atoms. The maximum atomic E-state index is 13.4. The molecule has 11 heteroatoms. The Kier molecular flexibility index (Phi) is 5.93. The molecule has 1 saturated heterocycles. The van der Waals surface area contributed by atoms with Crippen LogP contribution < -0.4 is 5.32 Å². The number of ether oxygens (including phenoxy) is 1. The summed E-state index contributed by atoms with van der Waals surface area (Å²) in [7, 11) is -3.94. The maximum absolute atomic E-state index is 13.4. The van der Waals surface area contributed by atoms with Gasteiger partial charge in [0.15, 0.2) is 5.78 Å². The fourth-order valence-electron chi connectivity index (χ4n) is 3.44. The predicted molar refractivity (Wildman–Crippen MR) is 116 cm³/mol. The third kappa shape index (κ3) is 4.26. The van der Waals surface area contributed by atoms with Gasteiger partial charge in [-0.05, 0) is 30.4 Å². The lowest BCUT2D eigenvalue weighted by Crippen LogP contribution is -2.40. The van der Waals surface area contributed by atoms with Gasteiger partial charge in [0.2, 0.25) is 10.0 Å². The number of carbonyl (C=O) groups excluding carboxylic acids is 1. The van der Waals surface area contributed by atoms with Crippen LogP contribution in [0.4, 0.5) is 5.69 Å². The van der Waals surface area contributed by atoms with E-state index in [1.807, 2.05) is 0 Å². The summed E-state index contributed by atoms with van der Waals surface area (Å²) in [5.41, 5.74) is 0.741. The van der Waals surface area contributed by atoms with Crippen molar-refractivity contribution in [1.29, 1.82) is 0 Å². The van der Waals surface area contributed by atoms with Crippen molar-refractivity contribution in [3.05, 3.63) is 52.3 Å². The molecular formula is C20H18BrN3O6S. The Morgan fingerprint density at radius 3 is 2.68 bits per heavy atom. The fraction of sp³-hybridized carbons (Fsp3) is 0.250. The minimum absolute atomic E-state index is 0.0810. The third-order valence-corrected chi connectivity index (χ3v) is 7.42. The topological polar surface area (TPSA) is 126 Å². The number of hydrogen-bond donors (Lipinski definition) is 2. The minimum Gasteiger partial charge on any atom is -0.478 e. The van der Waals surface area contributed by atoms with Crippen LogP contribution >= 0.6 is 15.9 Å². The standard InChI is InChI=1S/C20H18BrN3O6S/c21-12-1-3-16-14(9-12)19(23-17-4-2-13(25)10-15(17)20(26)27)18(11-22-16)31(28,29)24-5-7-30-8-6-24/h1-4,9,11H,5-8,10H2,(H,22,23)(H,26,27). The molecule has 4 rings (SSSR count). The molecule has 1 aliphatic carbocycles. The summed E-state index contributed by atoms with van der Waals surface area (Å²) in [4.78, 5) is 27.6. The van der Waals surface area contributed by atoms with Gasteiger partial charge in [-0.25, -0.2) is 13.2 Å². The number of allylic oxidation sites excluding steroid dienone is 2. The van der Waals surface area contributed by atoms with Gasteiger partial charge in [-0.15, -0.1) is 0 Å². The van der Waals surface area contributed by atoms with Gasteiger partial charge < -0.3 is 15.2 Å². The number of aliphatic carboxylic acids is 1. The van der Waals surface area contributed by atoms with E-state index in [1.54, 1.807) is 18.2 Å². The van der Waals surface area contributed by atoms with Crippen molar-refractivity contribution in [3.63, 3.8) is 0 Å². The first-order valence-corrected chi connectivity index (χ1v) is 11.6. The molecule has 1 aliphatic heterocycles. The van der Waals surface area contributed by atoms with Crippen LogP contribution in [0.25, 0.3) is 10.9 Å². The molecule has 0 bridgehead atoms. The Balaban J connectivity index is 1.91. The molecule has 2 aliphatic rings. The number of pyridine rings is 1. The number of morpholine rings is 1. The largest absolute Gasteiger partial charge is 0.478 e. The zero-order valence-electron chi connectivity index (χ0n) is 16.2. The van der Waals surface area contributed by atoms with Crippen molar-refractivity contribution in [3.8, 4) is 0 Å². The molecule has 162 valence electrons. The van der Waals surface area contributed by atoms with E-state index in [2.05, 4.69) is 26.2 Å². The van der Waals surface area contributed by atoms with Gasteiger partial charge in [-0.3, -0.25) is 9.78 Å². The number of aromatic nitrogens is 1. The van der Waals surface area contributed by atoms with Crippen LogP contribution in [0, 0.1) is 0 Å². The molecule has 0 radical (unpaired) electrons. The quantitative estimate of drug-likeness (QED) is 0.631. The van der Waals surface area contributed by atoms with Crippen molar-refractivity contribution in [2.45, 2.75) is 11.3 Å². The van der Waals surface area contributed by atoms with E-state index in [-0.39, 0.29) is 60.4 Å². The van der Waals surface area contributed by atoms with Crippen LogP contribution in [0.5, 0.6) is 0 Å². The van der Waals surface area contributed by atoms with Gasteiger partial charge in [-0.2, -0.15) is 4.31 Å². The lowest BCUT2D eigenvalue weighted by atomic mass is 10.0. The predicted octanol–water partition coefficient (Wildman–Crippen LogP) is 2.30. The molecular weight excluding hydrogens is 490 g/mol. The Morgan fingerprint density at radius 2 is 1.97 bits per heavy atom. The number of ketones is 1. The van der Waals surface area contributed by atoms with Crippen LogP contribution in [0.1, 0.15) is 6.42 Å². The van der Waals surface area contributed by atoms with Crippen molar-refractivity contribution in [2.24, 2.45) is 0 Å². The van der Waals surface area contributed by atoms with Gasteiger partial charge >= 0.3 is 5.97 Å². The summed E-state index contributed by atoms with van der Waals surface area (Å²) in [5, 5.41) is 13.0. The van der Waals surface area contributed by atoms with E-state index < -0.39 is 16.0 Å². The monoisotopic (exact) mass is 507 g/mol. The van der Waals surface area contributed by atoms with Gasteiger partial charge in [0, 0.05) is 41.3 Å². The van der Waals surface area contributed by atoms with E-state index in [0.717, 1.165) is 0 Å². The average molecular weight is 508 g/mol. The Morgan fingerprint density at radius 1 is 1.23 bits per heavy atom. The number of sulfonamides is 1. The number of carboxylic acids is 1. The van der Waals surface area contributed by atoms with Crippen molar-refractivity contribution < 1.29 is 27.9 Å². The molecule has 0 amide bonds. The van der Waals surface area contributed by atoms with Crippen LogP contribution in [0.15, 0.2) is 57.2 Å². The second-order valence-corrected chi connectivity index (χ2v) is 9.80. The fourth-order valence-corrected chi connectivity index (χ4v) is 5.32. The van der Waals surface area contributed by atoms with Crippen LogP contribution in [-0.4, -0.2) is 60.9 Å². The van der Waals surface area contributed by atoms with Crippen LogP contribution in [0.2, 0.25) is 0 Å². The van der Waals surface area contributed by atoms with Gasteiger partial charge in [-0.1, -0.05) is 15.9 Å². The zero-order valence-corrected chi connectivity index (χ0v) is 18.6. The molecule has 0 unspecified atom stereocenters. The molecule has 9 nitrogen and oxygen atoms in total. The highest BCUT2D eigenvalue weighted by atomic mass is 79.9. The van der Waals surface area contributed by atoms with Crippen molar-refractivity contribution in [2.75, 3.05) is 31.6 Å². The highest BCUT2D eigenvalue weighted by molar-refractivity contribution is 9.10. The van der Waals surface area contributed by atoms with Gasteiger partial charge in [0.05, 0.1) is 30.0 Å². The Labute approximate surface area is 186 Å². The van der Waals surface area contributed by atoms with Gasteiger partial charge in [0.25, 0.3) is 0 Å². The first kappa shape index (κ1) is 21.6. The van der Waals surface area contributed by atoms with Crippen LogP contribution in [0.3, 0.4) is 0 Å². The lowest BCUT2D eigenvalue weighted by Gasteiger charge is -2.27. The highest BCUT2D eigenvalue weighted by Crippen LogP contribution is 2.35. The molecule has 2 aromatic rings. The number of halogens is 1. The van der Waals surface area contributed by atoms with Crippen LogP contribution in [-0.2, 0) is 24.3 Å². The summed E-state index contributed by atoms with van der Waals surface area (Å²) in [5.74, 6) is -1.59. The third-order valence-electron chi connectivity index (χ3n) is 5.01. The SMILES string of the molecule is O=C1C=CC(Nc2c(S(=O)(=O)N3CCOCC3)cnc3ccc(Br)cc23)=C(C(=O)O)C1. The first-order chi connectivity index (χ1) is 14.8. The van der Waals surface area contributed by atoms with E-state index in [1.165, 1.54) is 22.7 Å². The molecule has 0 saturated carbocycles. The van der Waals surface area contributed by atoms with Gasteiger partial charge in [0.1, 0.15) is 4.90 Å². The second kappa shape index (κ2) is 8.50. The van der Waals surface area contributed by atoms with Crippen molar-refractivity contribution >= 4 is 54.3 Å². The summed E-state index contributed by atoms with van der Waals surface area (Å²) >= 11 is 3.39. The zero-order chi connectivity index (χ0) is 22.2. The smallest absolute Gasteiger partial charge is 0.334 e.